The molecule has 0 aliphatic carbocycles. The van der Waals surface area contributed by atoms with E-state index in [4.69, 9.17) is 9.47 Å². The van der Waals surface area contributed by atoms with Crippen LogP contribution in [0.2, 0.25) is 0 Å². The van der Waals surface area contributed by atoms with E-state index in [-0.39, 0.29) is 6.54 Å². The summed E-state index contributed by atoms with van der Waals surface area (Å²) < 4.78 is 49.0. The van der Waals surface area contributed by atoms with Gasteiger partial charge in [-0.15, -0.1) is 0 Å². The summed E-state index contributed by atoms with van der Waals surface area (Å²) in [6, 6.07) is 10.7. The van der Waals surface area contributed by atoms with Crippen molar-refractivity contribution in [2.45, 2.75) is 26.2 Å². The van der Waals surface area contributed by atoms with Crippen LogP contribution in [-0.2, 0) is 19.3 Å². The predicted octanol–water partition coefficient (Wildman–Crippen LogP) is 3.98. The molecular formula is C20H24F3N3O2. The minimum absolute atomic E-state index is 0.130. The minimum Gasteiger partial charge on any atom is -0.493 e. The molecule has 5 nitrogen and oxygen atoms in total. The maximum absolute atomic E-state index is 12.8. The molecule has 0 aliphatic rings. The molecule has 152 valence electrons. The van der Waals surface area contributed by atoms with Crippen LogP contribution in [0, 0.1) is 0 Å². The molecule has 0 saturated heterocycles. The second-order valence-corrected chi connectivity index (χ2v) is 5.94. The Morgan fingerprint density at radius 1 is 0.964 bits per heavy atom. The summed E-state index contributed by atoms with van der Waals surface area (Å²) in [6.07, 6.45) is -4.37. The molecular weight excluding hydrogens is 371 g/mol. The number of hydrogen-bond donors (Lipinski definition) is 2. The van der Waals surface area contributed by atoms with Gasteiger partial charge in [-0.25, -0.2) is 4.99 Å². The fraction of sp³-hybridized carbons (Fsp3) is 0.350. The van der Waals surface area contributed by atoms with Crippen molar-refractivity contribution < 1.29 is 22.6 Å². The molecule has 0 amide bonds. The number of guanidine groups is 1. The van der Waals surface area contributed by atoms with Crippen LogP contribution in [0.1, 0.15) is 23.6 Å². The molecule has 2 aromatic carbocycles. The fourth-order valence-electron chi connectivity index (χ4n) is 2.53. The van der Waals surface area contributed by atoms with Gasteiger partial charge in [-0.05, 0) is 42.3 Å². The van der Waals surface area contributed by atoms with Crippen molar-refractivity contribution >= 4 is 5.96 Å². The van der Waals surface area contributed by atoms with Gasteiger partial charge in [0.25, 0.3) is 0 Å². The third-order valence-electron chi connectivity index (χ3n) is 3.93. The van der Waals surface area contributed by atoms with Crippen LogP contribution in [0.3, 0.4) is 0 Å². The van der Waals surface area contributed by atoms with Gasteiger partial charge >= 0.3 is 6.18 Å². The monoisotopic (exact) mass is 395 g/mol. The Hall–Kier alpha value is -2.90. The van der Waals surface area contributed by atoms with E-state index in [0.29, 0.717) is 36.1 Å². The summed E-state index contributed by atoms with van der Waals surface area (Å²) in [7, 11) is 3.13. The largest absolute Gasteiger partial charge is 0.493 e. The number of hydrogen-bond acceptors (Lipinski definition) is 3. The highest BCUT2D eigenvalue weighted by Crippen LogP contribution is 2.29. The van der Waals surface area contributed by atoms with Gasteiger partial charge in [0.05, 0.1) is 26.3 Å². The topological polar surface area (TPSA) is 54.9 Å². The standard InChI is InChI=1S/C20H24F3N3O2/c1-4-24-19(25-12-14-6-5-7-16(10-14)20(21,22)23)26-13-15-8-9-17(27-2)18(11-15)28-3/h5-11H,4,12-13H2,1-3H3,(H2,24,25,26). The molecule has 2 N–H and O–H groups in total. The van der Waals surface area contributed by atoms with Crippen LogP contribution in [0.25, 0.3) is 0 Å². The SMILES string of the molecule is CCNC(=NCc1cccc(C(F)(F)F)c1)NCc1ccc(OC)c(OC)c1. The van der Waals surface area contributed by atoms with Gasteiger partial charge in [-0.2, -0.15) is 13.2 Å². The van der Waals surface area contributed by atoms with Crippen molar-refractivity contribution in [3.05, 3.63) is 59.2 Å². The lowest BCUT2D eigenvalue weighted by Crippen LogP contribution is -2.36. The van der Waals surface area contributed by atoms with E-state index in [2.05, 4.69) is 15.6 Å². The number of ether oxygens (including phenoxy) is 2. The molecule has 0 spiro atoms. The predicted molar refractivity (Wildman–Crippen MR) is 103 cm³/mol. The maximum Gasteiger partial charge on any atom is 0.416 e. The zero-order valence-electron chi connectivity index (χ0n) is 16.1. The minimum atomic E-state index is -4.37. The Bertz CT molecular complexity index is 808. The highest BCUT2D eigenvalue weighted by atomic mass is 19.4. The third-order valence-corrected chi connectivity index (χ3v) is 3.93. The van der Waals surface area contributed by atoms with Crippen LogP contribution >= 0.6 is 0 Å². The highest BCUT2D eigenvalue weighted by Gasteiger charge is 2.30. The van der Waals surface area contributed by atoms with E-state index in [9.17, 15) is 13.2 Å². The first kappa shape index (κ1) is 21.4. The Morgan fingerprint density at radius 3 is 2.36 bits per heavy atom. The van der Waals surface area contributed by atoms with Crippen LogP contribution < -0.4 is 20.1 Å². The molecule has 8 heteroatoms. The molecule has 0 unspecified atom stereocenters. The number of nitrogens with one attached hydrogen (secondary N) is 2. The van der Waals surface area contributed by atoms with Crippen LogP contribution in [0.15, 0.2) is 47.5 Å². The number of nitrogens with zero attached hydrogens (tertiary/aromatic N) is 1. The number of rotatable bonds is 7. The smallest absolute Gasteiger partial charge is 0.416 e. The van der Waals surface area contributed by atoms with Gasteiger partial charge in [0.2, 0.25) is 0 Å². The van der Waals surface area contributed by atoms with E-state index in [0.717, 1.165) is 17.7 Å². The fourth-order valence-corrected chi connectivity index (χ4v) is 2.53. The Morgan fingerprint density at radius 2 is 1.71 bits per heavy atom. The Labute approximate surface area is 162 Å². The van der Waals surface area contributed by atoms with Gasteiger partial charge in [0.15, 0.2) is 17.5 Å². The molecule has 0 fully saturated rings. The normalized spacial score (nSPS) is 11.9. The second-order valence-electron chi connectivity index (χ2n) is 5.94. The molecule has 0 bridgehead atoms. The first-order valence-corrected chi connectivity index (χ1v) is 8.76. The zero-order chi connectivity index (χ0) is 20.6. The van der Waals surface area contributed by atoms with E-state index in [1.807, 2.05) is 25.1 Å². The second kappa shape index (κ2) is 9.87. The van der Waals surface area contributed by atoms with Crippen molar-refractivity contribution in [1.29, 1.82) is 0 Å². The summed E-state index contributed by atoms with van der Waals surface area (Å²) >= 11 is 0. The highest BCUT2D eigenvalue weighted by molar-refractivity contribution is 5.79. The van der Waals surface area contributed by atoms with Crippen LogP contribution in [0.4, 0.5) is 13.2 Å². The van der Waals surface area contributed by atoms with Crippen LogP contribution in [0.5, 0.6) is 11.5 Å². The lowest BCUT2D eigenvalue weighted by molar-refractivity contribution is -0.137. The Balaban J connectivity index is 2.07. The summed E-state index contributed by atoms with van der Waals surface area (Å²) in [6.45, 7) is 3.14. The van der Waals surface area contributed by atoms with Gasteiger partial charge in [-0.1, -0.05) is 18.2 Å². The van der Waals surface area contributed by atoms with Crippen molar-refractivity contribution in [2.75, 3.05) is 20.8 Å². The summed E-state index contributed by atoms with van der Waals surface area (Å²) in [5.74, 6) is 1.76. The number of methoxy groups -OCH3 is 2. The Kier molecular flexibility index (Phi) is 7.54. The number of alkyl halides is 3. The van der Waals surface area contributed by atoms with Crippen molar-refractivity contribution in [3.8, 4) is 11.5 Å². The molecule has 0 atom stereocenters. The van der Waals surface area contributed by atoms with E-state index in [1.165, 1.54) is 6.07 Å². The average Bonchev–Trinajstić information content (AvgIpc) is 2.69. The van der Waals surface area contributed by atoms with E-state index in [1.54, 1.807) is 20.3 Å². The molecule has 0 aliphatic heterocycles. The van der Waals surface area contributed by atoms with Gasteiger partial charge in [0, 0.05) is 13.1 Å². The van der Waals surface area contributed by atoms with Gasteiger partial charge in [-0.3, -0.25) is 0 Å². The van der Waals surface area contributed by atoms with Gasteiger partial charge < -0.3 is 20.1 Å². The van der Waals surface area contributed by atoms with Crippen molar-refractivity contribution in [2.24, 2.45) is 4.99 Å². The molecule has 2 aromatic rings. The van der Waals surface area contributed by atoms with Crippen LogP contribution in [-0.4, -0.2) is 26.7 Å². The first-order chi connectivity index (χ1) is 13.4. The first-order valence-electron chi connectivity index (χ1n) is 8.76. The molecule has 28 heavy (non-hydrogen) atoms. The molecule has 0 radical (unpaired) electrons. The van der Waals surface area contributed by atoms with Gasteiger partial charge in [0.1, 0.15) is 0 Å². The molecule has 2 rings (SSSR count). The number of halogens is 3. The molecule has 0 heterocycles. The summed E-state index contributed by atoms with van der Waals surface area (Å²) in [5, 5.41) is 6.24. The number of benzene rings is 2. The molecule has 0 aromatic heterocycles. The third kappa shape index (κ3) is 6.07. The maximum atomic E-state index is 12.8. The number of aliphatic imine (C=N–C) groups is 1. The lowest BCUT2D eigenvalue weighted by Gasteiger charge is -2.13. The van der Waals surface area contributed by atoms with Crippen molar-refractivity contribution in [1.82, 2.24) is 10.6 Å². The van der Waals surface area contributed by atoms with E-state index >= 15 is 0 Å². The average molecular weight is 395 g/mol. The lowest BCUT2D eigenvalue weighted by atomic mass is 10.1. The summed E-state index contributed by atoms with van der Waals surface area (Å²) in [5.41, 5.74) is 0.754. The quantitative estimate of drug-likeness (QED) is 0.550. The van der Waals surface area contributed by atoms with E-state index < -0.39 is 11.7 Å². The molecule has 0 saturated carbocycles. The van der Waals surface area contributed by atoms with Crippen molar-refractivity contribution in [3.63, 3.8) is 0 Å². The zero-order valence-corrected chi connectivity index (χ0v) is 16.1. The summed E-state index contributed by atoms with van der Waals surface area (Å²) in [4.78, 5) is 4.37.